The lowest BCUT2D eigenvalue weighted by Gasteiger charge is -2.16. The highest BCUT2D eigenvalue weighted by atomic mass is 35.5. The van der Waals surface area contributed by atoms with Gasteiger partial charge in [0.05, 0.1) is 25.3 Å². The Balaban J connectivity index is 1.78. The molecule has 2 aromatic heterocycles. The summed E-state index contributed by atoms with van der Waals surface area (Å²) in [4.78, 5) is 25.6. The number of hydrogen-bond acceptors (Lipinski definition) is 7. The Morgan fingerprint density at radius 1 is 1.26 bits per heavy atom. The number of imidazole rings is 1. The zero-order valence-electron chi connectivity index (χ0n) is 17.3. The quantitative estimate of drug-likeness (QED) is 0.399. The van der Waals surface area contributed by atoms with Crippen molar-refractivity contribution in [1.82, 2.24) is 24.8 Å². The average molecular weight is 445 g/mol. The van der Waals surface area contributed by atoms with E-state index in [-0.39, 0.29) is 24.9 Å². The van der Waals surface area contributed by atoms with Crippen LogP contribution in [0.15, 0.2) is 43.0 Å². The summed E-state index contributed by atoms with van der Waals surface area (Å²) in [6, 6.07) is 6.18. The maximum absolute atomic E-state index is 12.7. The van der Waals surface area contributed by atoms with Crippen molar-refractivity contribution < 1.29 is 15.0 Å². The molecular formula is C21H25ClN6O3. The number of carbonyl (C=O) groups is 1. The molecule has 4 N–H and O–H groups in total. The standard InChI is InChI=1S/C21H25ClN6O3/c1-3-16(10-29)25-21-23-8-13(2)19(27-21)28-9-17(24-12-28)20(31)26-18(11-30)14-5-4-6-15(22)7-14/h4-9,12,16,18,29-30H,3,10-11H2,1-2H3,(H,26,31)(H,23,25,27)/t16?,18-/m1/s1. The molecule has 2 heterocycles. The van der Waals surface area contributed by atoms with E-state index in [2.05, 4.69) is 25.6 Å². The maximum Gasteiger partial charge on any atom is 0.272 e. The summed E-state index contributed by atoms with van der Waals surface area (Å²) in [5, 5.41) is 25.4. The van der Waals surface area contributed by atoms with E-state index in [0.29, 0.717) is 22.4 Å². The van der Waals surface area contributed by atoms with Gasteiger partial charge in [-0.05, 0) is 31.0 Å². The highest BCUT2D eigenvalue weighted by Crippen LogP contribution is 2.19. The van der Waals surface area contributed by atoms with Crippen LogP contribution in [0, 0.1) is 6.92 Å². The molecule has 3 aromatic rings. The minimum absolute atomic E-state index is 0.0306. The Hall–Kier alpha value is -3.01. The lowest BCUT2D eigenvalue weighted by atomic mass is 10.1. The molecule has 0 aliphatic carbocycles. The first-order valence-electron chi connectivity index (χ1n) is 9.87. The van der Waals surface area contributed by atoms with Gasteiger partial charge < -0.3 is 20.8 Å². The number of hydrogen-bond donors (Lipinski definition) is 4. The second kappa shape index (κ2) is 10.3. The van der Waals surface area contributed by atoms with Crippen LogP contribution in [0.5, 0.6) is 0 Å². The highest BCUT2D eigenvalue weighted by molar-refractivity contribution is 6.30. The predicted molar refractivity (Wildman–Crippen MR) is 117 cm³/mol. The molecule has 0 bridgehead atoms. The van der Waals surface area contributed by atoms with E-state index in [1.54, 1.807) is 41.2 Å². The van der Waals surface area contributed by atoms with E-state index in [4.69, 9.17) is 11.6 Å². The number of rotatable bonds is 9. The van der Waals surface area contributed by atoms with Gasteiger partial charge >= 0.3 is 0 Å². The third-order valence-electron chi connectivity index (χ3n) is 4.79. The van der Waals surface area contributed by atoms with E-state index in [9.17, 15) is 15.0 Å². The van der Waals surface area contributed by atoms with Crippen molar-refractivity contribution in [2.45, 2.75) is 32.4 Å². The largest absolute Gasteiger partial charge is 0.394 e. The average Bonchev–Trinajstić information content (AvgIpc) is 3.27. The molecule has 1 amide bonds. The number of aromatic nitrogens is 4. The Labute approximate surface area is 185 Å². The molecule has 0 fully saturated rings. The number of aliphatic hydroxyl groups is 2. The smallest absolute Gasteiger partial charge is 0.272 e. The predicted octanol–water partition coefficient (Wildman–Crippen LogP) is 2.27. The normalized spacial score (nSPS) is 12.9. The van der Waals surface area contributed by atoms with E-state index in [1.807, 2.05) is 13.8 Å². The fourth-order valence-electron chi connectivity index (χ4n) is 2.97. The van der Waals surface area contributed by atoms with E-state index < -0.39 is 11.9 Å². The van der Waals surface area contributed by atoms with Gasteiger partial charge in [-0.15, -0.1) is 0 Å². The summed E-state index contributed by atoms with van der Waals surface area (Å²) >= 11 is 6.01. The number of aliphatic hydroxyl groups excluding tert-OH is 2. The summed E-state index contributed by atoms with van der Waals surface area (Å²) in [6.07, 6.45) is 5.43. The zero-order valence-corrected chi connectivity index (χ0v) is 18.0. The Bertz CT molecular complexity index is 1040. The van der Waals surface area contributed by atoms with E-state index in [0.717, 1.165) is 12.0 Å². The fraction of sp³-hybridized carbons (Fsp3) is 0.333. The van der Waals surface area contributed by atoms with Gasteiger partial charge in [-0.2, -0.15) is 4.98 Å². The molecule has 0 spiro atoms. The fourth-order valence-corrected chi connectivity index (χ4v) is 3.17. The first kappa shape index (κ1) is 22.7. The molecule has 1 aromatic carbocycles. The van der Waals surface area contributed by atoms with E-state index >= 15 is 0 Å². The van der Waals surface area contributed by atoms with Crippen LogP contribution in [-0.2, 0) is 0 Å². The van der Waals surface area contributed by atoms with Gasteiger partial charge in [0.15, 0.2) is 0 Å². The molecular weight excluding hydrogens is 420 g/mol. The Morgan fingerprint density at radius 2 is 2.06 bits per heavy atom. The molecule has 2 atom stereocenters. The molecule has 164 valence electrons. The number of nitrogens with zero attached hydrogens (tertiary/aromatic N) is 4. The van der Waals surface area contributed by atoms with Gasteiger partial charge in [-0.1, -0.05) is 30.7 Å². The molecule has 9 nitrogen and oxygen atoms in total. The second-order valence-corrected chi connectivity index (χ2v) is 7.50. The van der Waals surface area contributed by atoms with Crippen LogP contribution in [0.2, 0.25) is 5.02 Å². The van der Waals surface area contributed by atoms with E-state index in [1.165, 1.54) is 6.33 Å². The number of amides is 1. The molecule has 0 saturated heterocycles. The summed E-state index contributed by atoms with van der Waals surface area (Å²) < 4.78 is 1.63. The van der Waals surface area contributed by atoms with Gasteiger partial charge in [0, 0.05) is 23.0 Å². The van der Waals surface area contributed by atoms with Crippen molar-refractivity contribution in [1.29, 1.82) is 0 Å². The maximum atomic E-state index is 12.7. The van der Waals surface area contributed by atoms with Crippen LogP contribution < -0.4 is 10.6 Å². The summed E-state index contributed by atoms with van der Waals surface area (Å²) in [6.45, 7) is 3.49. The lowest BCUT2D eigenvalue weighted by Crippen LogP contribution is -2.31. The SMILES string of the molecule is CCC(CO)Nc1ncc(C)c(-n2cnc(C(=O)N[C@H](CO)c3cccc(Cl)c3)c2)n1. The van der Waals surface area contributed by atoms with Crippen molar-refractivity contribution in [3.05, 3.63) is 64.8 Å². The van der Waals surface area contributed by atoms with Crippen molar-refractivity contribution in [3.63, 3.8) is 0 Å². The molecule has 1 unspecified atom stereocenters. The molecule has 10 heteroatoms. The van der Waals surface area contributed by atoms with Crippen LogP contribution in [-0.4, -0.2) is 54.9 Å². The Morgan fingerprint density at radius 3 is 2.74 bits per heavy atom. The molecule has 0 radical (unpaired) electrons. The van der Waals surface area contributed by atoms with Gasteiger partial charge in [-0.3, -0.25) is 9.36 Å². The number of halogens is 1. The monoisotopic (exact) mass is 444 g/mol. The van der Waals surface area contributed by atoms with Crippen LogP contribution in [0.3, 0.4) is 0 Å². The Kier molecular flexibility index (Phi) is 7.56. The van der Waals surface area contributed by atoms with Crippen LogP contribution >= 0.6 is 11.6 Å². The van der Waals surface area contributed by atoms with Crippen LogP contribution in [0.25, 0.3) is 5.82 Å². The third kappa shape index (κ3) is 5.57. The van der Waals surface area contributed by atoms with Crippen LogP contribution in [0.1, 0.15) is 41.0 Å². The number of nitrogens with one attached hydrogen (secondary N) is 2. The number of aryl methyl sites for hydroxylation is 1. The summed E-state index contributed by atoms with van der Waals surface area (Å²) in [5.74, 6) is 0.502. The molecule has 31 heavy (non-hydrogen) atoms. The first-order chi connectivity index (χ1) is 14.9. The zero-order chi connectivity index (χ0) is 22.4. The molecule has 0 aliphatic rings. The van der Waals surface area contributed by atoms with Crippen molar-refractivity contribution >= 4 is 23.5 Å². The molecule has 0 saturated carbocycles. The minimum Gasteiger partial charge on any atom is -0.394 e. The lowest BCUT2D eigenvalue weighted by molar-refractivity contribution is 0.0911. The van der Waals surface area contributed by atoms with Crippen molar-refractivity contribution in [2.75, 3.05) is 18.5 Å². The van der Waals surface area contributed by atoms with Crippen LogP contribution in [0.4, 0.5) is 5.95 Å². The molecule has 0 aliphatic heterocycles. The minimum atomic E-state index is -0.614. The van der Waals surface area contributed by atoms with Crippen molar-refractivity contribution in [3.8, 4) is 5.82 Å². The highest BCUT2D eigenvalue weighted by Gasteiger charge is 2.18. The van der Waals surface area contributed by atoms with Gasteiger partial charge in [0.2, 0.25) is 5.95 Å². The topological polar surface area (TPSA) is 125 Å². The van der Waals surface area contributed by atoms with Crippen molar-refractivity contribution in [2.24, 2.45) is 0 Å². The first-order valence-corrected chi connectivity index (χ1v) is 10.3. The number of benzene rings is 1. The van der Waals surface area contributed by atoms with Gasteiger partial charge in [-0.25, -0.2) is 9.97 Å². The van der Waals surface area contributed by atoms with Gasteiger partial charge in [0.1, 0.15) is 17.8 Å². The number of anilines is 1. The second-order valence-electron chi connectivity index (χ2n) is 7.06. The summed E-state index contributed by atoms with van der Waals surface area (Å²) in [7, 11) is 0. The summed E-state index contributed by atoms with van der Waals surface area (Å²) in [5.41, 5.74) is 1.66. The number of carbonyl (C=O) groups excluding carboxylic acids is 1. The third-order valence-corrected chi connectivity index (χ3v) is 5.03. The molecule has 3 rings (SSSR count). The van der Waals surface area contributed by atoms with Gasteiger partial charge in [0.25, 0.3) is 5.91 Å².